The van der Waals surface area contributed by atoms with Gasteiger partial charge in [-0.15, -0.1) is 0 Å². The maximum absolute atomic E-state index is 11.6. The van der Waals surface area contributed by atoms with Crippen molar-refractivity contribution >= 4 is 22.1 Å². The first-order valence-corrected chi connectivity index (χ1v) is 6.43. The van der Waals surface area contributed by atoms with E-state index in [-0.39, 0.29) is 17.1 Å². The van der Waals surface area contributed by atoms with Crippen LogP contribution in [-0.2, 0) is 19.2 Å². The van der Waals surface area contributed by atoms with E-state index in [0.717, 1.165) is 11.8 Å². The quantitative estimate of drug-likeness (QED) is 0.592. The molecular formula is C11H13NO4S. The van der Waals surface area contributed by atoms with Crippen LogP contribution in [-0.4, -0.2) is 20.4 Å². The minimum atomic E-state index is -3.93. The zero-order chi connectivity index (χ0) is 12.9. The lowest BCUT2D eigenvalue weighted by molar-refractivity contribution is -0.112. The normalized spacial score (nSPS) is 11.6. The molecule has 5 nitrogen and oxygen atoms in total. The molecule has 0 aliphatic carbocycles. The van der Waals surface area contributed by atoms with E-state index in [2.05, 4.69) is 9.44 Å². The van der Waals surface area contributed by atoms with Crippen molar-refractivity contribution in [3.8, 4) is 0 Å². The third-order valence-electron chi connectivity index (χ3n) is 2.00. The van der Waals surface area contributed by atoms with Crippen LogP contribution in [0.15, 0.2) is 34.3 Å². The van der Waals surface area contributed by atoms with Gasteiger partial charge < -0.3 is 0 Å². The summed E-state index contributed by atoms with van der Waals surface area (Å²) < 4.78 is 27.5. The third-order valence-corrected chi connectivity index (χ3v) is 3.13. The largest absolute Gasteiger partial charge is 0.358 e. The van der Waals surface area contributed by atoms with Crippen molar-refractivity contribution in [1.82, 2.24) is 0 Å². The van der Waals surface area contributed by atoms with Crippen molar-refractivity contribution < 1.29 is 17.5 Å². The lowest BCUT2D eigenvalue weighted by atomic mass is 10.2. The maximum atomic E-state index is 11.6. The molecule has 0 saturated heterocycles. The zero-order valence-corrected chi connectivity index (χ0v) is 10.4. The van der Waals surface area contributed by atoms with Crippen LogP contribution in [0.5, 0.6) is 0 Å². The van der Waals surface area contributed by atoms with Crippen LogP contribution in [0, 0.1) is 6.92 Å². The number of ketones is 1. The molecule has 0 aliphatic heterocycles. The molecule has 0 N–H and O–H groups in total. The maximum Gasteiger partial charge on any atom is 0.358 e. The van der Waals surface area contributed by atoms with Gasteiger partial charge in [0.1, 0.15) is 11.1 Å². The van der Waals surface area contributed by atoms with Gasteiger partial charge in [-0.3, -0.25) is 9.08 Å². The summed E-state index contributed by atoms with van der Waals surface area (Å²) in [6.07, 6.45) is 1.10. The highest BCUT2D eigenvalue weighted by atomic mass is 32.2. The van der Waals surface area contributed by atoms with Gasteiger partial charge in [0.05, 0.1) is 0 Å². The van der Waals surface area contributed by atoms with Gasteiger partial charge in [-0.2, -0.15) is 8.42 Å². The molecule has 0 bridgehead atoms. The average molecular weight is 255 g/mol. The Bertz CT molecular complexity index is 517. The molecule has 1 aromatic rings. The van der Waals surface area contributed by atoms with Gasteiger partial charge in [0, 0.05) is 6.42 Å². The molecule has 0 fully saturated rings. The fourth-order valence-corrected chi connectivity index (χ4v) is 1.69. The molecule has 0 atom stereocenters. The molecule has 6 heteroatoms. The molecule has 0 aromatic heterocycles. The highest BCUT2D eigenvalue weighted by molar-refractivity contribution is 7.86. The van der Waals surface area contributed by atoms with Gasteiger partial charge in [-0.25, -0.2) is 0 Å². The second kappa shape index (κ2) is 5.58. The Kier molecular flexibility index (Phi) is 4.39. The number of benzene rings is 1. The highest BCUT2D eigenvalue weighted by Gasteiger charge is 2.14. The fraction of sp³-hybridized carbons (Fsp3) is 0.273. The molecule has 17 heavy (non-hydrogen) atoms. The van der Waals surface area contributed by atoms with Crippen molar-refractivity contribution in [3.63, 3.8) is 0 Å². The van der Waals surface area contributed by atoms with Crippen molar-refractivity contribution in [3.05, 3.63) is 29.8 Å². The number of aryl methyl sites for hydroxylation is 1. The van der Waals surface area contributed by atoms with Crippen LogP contribution in [0.3, 0.4) is 0 Å². The summed E-state index contributed by atoms with van der Waals surface area (Å²) >= 11 is 0. The van der Waals surface area contributed by atoms with E-state index < -0.39 is 10.1 Å². The minimum absolute atomic E-state index is 0.00389. The highest BCUT2D eigenvalue weighted by Crippen LogP contribution is 2.13. The Hall–Kier alpha value is -1.69. The van der Waals surface area contributed by atoms with Gasteiger partial charge in [0.25, 0.3) is 0 Å². The van der Waals surface area contributed by atoms with Crippen molar-refractivity contribution in [2.75, 3.05) is 0 Å². The summed E-state index contributed by atoms with van der Waals surface area (Å²) in [5.74, 6) is -0.302. The standard InChI is InChI=1S/C11H13NO4S/c1-3-10(13)8-12-16-17(14,15)11-6-4-9(2)5-7-11/h4-8H,3H2,1-2H3/b12-8+. The van der Waals surface area contributed by atoms with Crippen molar-refractivity contribution in [1.29, 1.82) is 0 Å². The Morgan fingerprint density at radius 2 is 1.94 bits per heavy atom. The van der Waals surface area contributed by atoms with Crippen LogP contribution in [0.1, 0.15) is 18.9 Å². The summed E-state index contributed by atoms with van der Waals surface area (Å²) in [6.45, 7) is 3.48. The summed E-state index contributed by atoms with van der Waals surface area (Å²) in [5.41, 5.74) is 0.939. The molecule has 0 amide bonds. The predicted octanol–water partition coefficient (Wildman–Crippen LogP) is 1.67. The first-order valence-electron chi connectivity index (χ1n) is 5.02. The number of nitrogens with zero attached hydrogens (tertiary/aromatic N) is 1. The van der Waals surface area contributed by atoms with E-state index >= 15 is 0 Å². The number of carbonyl (C=O) groups excluding carboxylic acids is 1. The lowest BCUT2D eigenvalue weighted by Gasteiger charge is -2.01. The fourth-order valence-electron chi connectivity index (χ4n) is 0.976. The van der Waals surface area contributed by atoms with E-state index in [1.807, 2.05) is 6.92 Å². The number of carbonyl (C=O) groups is 1. The molecule has 0 spiro atoms. The molecule has 1 aromatic carbocycles. The third kappa shape index (κ3) is 3.99. The van der Waals surface area contributed by atoms with Crippen LogP contribution in [0.2, 0.25) is 0 Å². The summed E-state index contributed by atoms with van der Waals surface area (Å²) in [4.78, 5) is 10.9. The molecule has 92 valence electrons. The minimum Gasteiger partial charge on any atom is -0.293 e. The monoisotopic (exact) mass is 255 g/mol. The Balaban J connectivity index is 2.79. The first-order chi connectivity index (χ1) is 7.95. The summed E-state index contributed by atoms with van der Waals surface area (Å²) in [6, 6.07) is 6.14. The van der Waals surface area contributed by atoms with Crippen molar-refractivity contribution in [2.45, 2.75) is 25.2 Å². The van der Waals surface area contributed by atoms with Crippen LogP contribution < -0.4 is 0 Å². The first kappa shape index (κ1) is 13.4. The average Bonchev–Trinajstić information content (AvgIpc) is 2.29. The molecule has 1 rings (SSSR count). The molecular weight excluding hydrogens is 242 g/mol. The zero-order valence-electron chi connectivity index (χ0n) is 9.58. The molecule has 0 aliphatic rings. The smallest absolute Gasteiger partial charge is 0.293 e. The summed E-state index contributed by atoms with van der Waals surface area (Å²) in [7, 11) is -3.93. The van der Waals surface area contributed by atoms with Gasteiger partial charge in [-0.05, 0) is 19.1 Å². The van der Waals surface area contributed by atoms with Crippen LogP contribution in [0.4, 0.5) is 0 Å². The second-order valence-electron chi connectivity index (χ2n) is 3.40. The molecule has 0 unspecified atom stereocenters. The Labute approximate surface area is 100 Å². The molecule has 0 heterocycles. The summed E-state index contributed by atoms with van der Waals surface area (Å²) in [5, 5.41) is 3.15. The number of hydrogen-bond acceptors (Lipinski definition) is 5. The van der Waals surface area contributed by atoms with E-state index in [0.29, 0.717) is 0 Å². The number of rotatable bonds is 5. The molecule has 0 radical (unpaired) electrons. The van der Waals surface area contributed by atoms with E-state index in [1.165, 1.54) is 12.1 Å². The van der Waals surface area contributed by atoms with Crippen LogP contribution >= 0.6 is 0 Å². The van der Waals surface area contributed by atoms with Gasteiger partial charge in [0.15, 0.2) is 5.78 Å². The number of hydrogen-bond donors (Lipinski definition) is 0. The predicted molar refractivity (Wildman–Crippen MR) is 63.2 cm³/mol. The van der Waals surface area contributed by atoms with Gasteiger partial charge in [0.2, 0.25) is 0 Å². The SMILES string of the molecule is CCC(=O)/C=N/OS(=O)(=O)c1ccc(C)cc1. The van der Waals surface area contributed by atoms with Crippen molar-refractivity contribution in [2.24, 2.45) is 5.16 Å². The lowest BCUT2D eigenvalue weighted by Crippen LogP contribution is -2.04. The van der Waals surface area contributed by atoms with E-state index in [1.54, 1.807) is 19.1 Å². The molecule has 0 saturated carbocycles. The van der Waals surface area contributed by atoms with Gasteiger partial charge >= 0.3 is 10.1 Å². The second-order valence-corrected chi connectivity index (χ2v) is 4.92. The van der Waals surface area contributed by atoms with E-state index in [4.69, 9.17) is 0 Å². The Morgan fingerprint density at radius 1 is 1.35 bits per heavy atom. The van der Waals surface area contributed by atoms with E-state index in [9.17, 15) is 13.2 Å². The Morgan fingerprint density at radius 3 is 2.47 bits per heavy atom. The topological polar surface area (TPSA) is 72.8 Å². The van der Waals surface area contributed by atoms with Gasteiger partial charge in [-0.1, -0.05) is 29.8 Å². The number of oxime groups is 1. The van der Waals surface area contributed by atoms with Crippen LogP contribution in [0.25, 0.3) is 0 Å². The number of Topliss-reactive ketones (excluding diaryl/α,β-unsaturated/α-hetero) is 1.